The van der Waals surface area contributed by atoms with Crippen LogP contribution in [-0.4, -0.2) is 45.6 Å². The third-order valence-corrected chi connectivity index (χ3v) is 4.69. The first kappa shape index (κ1) is 15.9. The number of aromatic nitrogens is 3. The van der Waals surface area contributed by atoms with Crippen LogP contribution in [0.5, 0.6) is 0 Å². The van der Waals surface area contributed by atoms with Crippen molar-refractivity contribution in [3.05, 3.63) is 46.4 Å². The second kappa shape index (κ2) is 7.06. The summed E-state index contributed by atoms with van der Waals surface area (Å²) in [5.74, 6) is 0.207. The van der Waals surface area contributed by atoms with Gasteiger partial charge in [0.2, 0.25) is 5.91 Å². The van der Waals surface area contributed by atoms with Crippen molar-refractivity contribution in [3.8, 4) is 0 Å². The molecule has 1 aliphatic heterocycles. The molecule has 1 amide bonds. The van der Waals surface area contributed by atoms with Crippen LogP contribution in [0.4, 0.5) is 0 Å². The monoisotopic (exact) mass is 332 g/mol. The van der Waals surface area contributed by atoms with Crippen LogP contribution in [0.25, 0.3) is 0 Å². The van der Waals surface area contributed by atoms with Crippen LogP contribution in [0, 0.1) is 0 Å². The van der Waals surface area contributed by atoms with E-state index in [0.29, 0.717) is 32.7 Å². The Morgan fingerprint density at radius 1 is 1.61 bits per heavy atom. The predicted octanol–water partition coefficient (Wildman–Crippen LogP) is 1.75. The zero-order valence-corrected chi connectivity index (χ0v) is 14.0. The molecule has 3 rings (SSSR count). The summed E-state index contributed by atoms with van der Waals surface area (Å²) in [5, 5.41) is 12.3. The minimum Gasteiger partial charge on any atom is -0.377 e. The van der Waals surface area contributed by atoms with Gasteiger partial charge in [-0.05, 0) is 22.4 Å². The molecule has 0 saturated heterocycles. The van der Waals surface area contributed by atoms with Crippen molar-refractivity contribution in [2.24, 2.45) is 7.05 Å². The lowest BCUT2D eigenvalue weighted by atomic mass is 9.98. The Morgan fingerprint density at radius 2 is 2.48 bits per heavy atom. The molecular formula is C16H20N4O2S. The van der Waals surface area contributed by atoms with E-state index in [1.165, 1.54) is 0 Å². The van der Waals surface area contributed by atoms with Gasteiger partial charge >= 0.3 is 0 Å². The number of ether oxygens (including phenoxy) is 1. The van der Waals surface area contributed by atoms with Crippen molar-refractivity contribution in [1.29, 1.82) is 0 Å². The molecule has 0 bridgehead atoms. The molecular weight excluding hydrogens is 312 g/mol. The fourth-order valence-electron chi connectivity index (χ4n) is 2.91. The molecule has 0 aromatic carbocycles. The maximum atomic E-state index is 12.6. The van der Waals surface area contributed by atoms with Crippen molar-refractivity contribution in [3.63, 3.8) is 0 Å². The van der Waals surface area contributed by atoms with Gasteiger partial charge in [-0.15, -0.1) is 11.7 Å². The number of hydrogen-bond acceptors (Lipinski definition) is 5. The van der Waals surface area contributed by atoms with E-state index in [1.54, 1.807) is 22.1 Å². The second-order valence-corrected chi connectivity index (χ2v) is 6.43. The highest BCUT2D eigenvalue weighted by Gasteiger charge is 2.32. The molecule has 6 nitrogen and oxygen atoms in total. The molecule has 2 aromatic rings. The SMILES string of the molecule is C=CCOC[C@H]1CN(C(=O)Cc2ccsc2)Cc2nnn(C)c21. The Bertz CT molecular complexity index is 680. The lowest BCUT2D eigenvalue weighted by Gasteiger charge is -2.32. The average Bonchev–Trinajstić information content (AvgIpc) is 3.17. The third kappa shape index (κ3) is 3.51. The number of aryl methyl sites for hydroxylation is 1. The molecule has 0 aliphatic carbocycles. The predicted molar refractivity (Wildman–Crippen MR) is 88.2 cm³/mol. The van der Waals surface area contributed by atoms with Crippen LogP contribution in [-0.2, 0) is 29.5 Å². The van der Waals surface area contributed by atoms with E-state index in [0.717, 1.165) is 17.0 Å². The Balaban J connectivity index is 1.74. The van der Waals surface area contributed by atoms with Gasteiger partial charge in [-0.1, -0.05) is 11.3 Å². The molecule has 23 heavy (non-hydrogen) atoms. The molecule has 0 unspecified atom stereocenters. The van der Waals surface area contributed by atoms with E-state index >= 15 is 0 Å². The Hall–Kier alpha value is -1.99. The molecule has 1 aliphatic rings. The second-order valence-electron chi connectivity index (χ2n) is 5.65. The van der Waals surface area contributed by atoms with Crippen LogP contribution >= 0.6 is 11.3 Å². The molecule has 0 spiro atoms. The number of rotatable bonds is 6. The molecule has 3 heterocycles. The summed E-state index contributed by atoms with van der Waals surface area (Å²) in [4.78, 5) is 14.4. The van der Waals surface area contributed by atoms with Gasteiger partial charge in [0.1, 0.15) is 5.69 Å². The Kier molecular flexibility index (Phi) is 4.88. The number of carbonyl (C=O) groups excluding carboxylic acids is 1. The maximum absolute atomic E-state index is 12.6. The lowest BCUT2D eigenvalue weighted by Crippen LogP contribution is -2.41. The maximum Gasteiger partial charge on any atom is 0.227 e. The third-order valence-electron chi connectivity index (χ3n) is 3.95. The van der Waals surface area contributed by atoms with Gasteiger partial charge in [0.15, 0.2) is 0 Å². The van der Waals surface area contributed by atoms with Crippen molar-refractivity contribution >= 4 is 17.2 Å². The van der Waals surface area contributed by atoms with Gasteiger partial charge in [0, 0.05) is 19.5 Å². The number of carbonyl (C=O) groups is 1. The van der Waals surface area contributed by atoms with Crippen molar-refractivity contribution in [1.82, 2.24) is 19.9 Å². The van der Waals surface area contributed by atoms with Gasteiger partial charge in [-0.3, -0.25) is 9.48 Å². The molecule has 7 heteroatoms. The fraction of sp³-hybridized carbons (Fsp3) is 0.438. The molecule has 1 atom stereocenters. The first-order chi connectivity index (χ1) is 11.2. The number of amides is 1. The normalized spacial score (nSPS) is 17.1. The highest BCUT2D eigenvalue weighted by Crippen LogP contribution is 2.27. The first-order valence-electron chi connectivity index (χ1n) is 7.55. The summed E-state index contributed by atoms with van der Waals surface area (Å²) in [6, 6.07) is 1.99. The number of thiophene rings is 1. The number of nitrogens with zero attached hydrogens (tertiary/aromatic N) is 4. The molecule has 0 radical (unpaired) electrons. The van der Waals surface area contributed by atoms with Crippen molar-refractivity contribution in [2.45, 2.75) is 18.9 Å². The summed E-state index contributed by atoms with van der Waals surface area (Å²) in [7, 11) is 1.88. The lowest BCUT2D eigenvalue weighted by molar-refractivity contribution is -0.132. The van der Waals surface area contributed by atoms with Gasteiger partial charge in [-0.2, -0.15) is 11.3 Å². The summed E-state index contributed by atoms with van der Waals surface area (Å²) in [6.45, 7) is 5.84. The molecule has 0 fully saturated rings. The van der Waals surface area contributed by atoms with E-state index in [2.05, 4.69) is 16.9 Å². The molecule has 0 N–H and O–H groups in total. The van der Waals surface area contributed by atoms with Crippen LogP contribution in [0.2, 0.25) is 0 Å². The highest BCUT2D eigenvalue weighted by atomic mass is 32.1. The smallest absolute Gasteiger partial charge is 0.227 e. The van der Waals surface area contributed by atoms with Gasteiger partial charge in [0.25, 0.3) is 0 Å². The summed E-state index contributed by atoms with van der Waals surface area (Å²) >= 11 is 1.61. The van der Waals surface area contributed by atoms with Crippen LogP contribution in [0.15, 0.2) is 29.5 Å². The van der Waals surface area contributed by atoms with Gasteiger partial charge in [0.05, 0.1) is 31.9 Å². The average molecular weight is 332 g/mol. The quantitative estimate of drug-likeness (QED) is 0.597. The van der Waals surface area contributed by atoms with Crippen molar-refractivity contribution in [2.75, 3.05) is 19.8 Å². The summed E-state index contributed by atoms with van der Waals surface area (Å²) < 4.78 is 7.40. The number of hydrogen-bond donors (Lipinski definition) is 0. The standard InChI is InChI=1S/C16H20N4O2S/c1-3-5-22-10-13-8-20(9-14-16(13)19(2)18-17-14)15(21)7-12-4-6-23-11-12/h3-4,6,11,13H,1,5,7-10H2,2H3/t13-/m1/s1. The highest BCUT2D eigenvalue weighted by molar-refractivity contribution is 7.07. The van der Waals surface area contributed by atoms with Crippen LogP contribution < -0.4 is 0 Å². The summed E-state index contributed by atoms with van der Waals surface area (Å²) in [5.41, 5.74) is 2.99. The van der Waals surface area contributed by atoms with E-state index in [1.807, 2.05) is 28.8 Å². The minimum atomic E-state index is 0.0881. The van der Waals surface area contributed by atoms with Crippen LogP contribution in [0.1, 0.15) is 22.9 Å². The molecule has 122 valence electrons. The topological polar surface area (TPSA) is 60.2 Å². The van der Waals surface area contributed by atoms with Gasteiger partial charge in [-0.25, -0.2) is 0 Å². The van der Waals surface area contributed by atoms with Crippen molar-refractivity contribution < 1.29 is 9.53 Å². The fourth-order valence-corrected chi connectivity index (χ4v) is 3.58. The summed E-state index contributed by atoms with van der Waals surface area (Å²) in [6.07, 6.45) is 2.16. The molecule has 0 saturated carbocycles. The van der Waals surface area contributed by atoms with E-state index in [-0.39, 0.29) is 11.8 Å². The zero-order chi connectivity index (χ0) is 16.2. The van der Waals surface area contributed by atoms with E-state index < -0.39 is 0 Å². The van der Waals surface area contributed by atoms with Gasteiger partial charge < -0.3 is 9.64 Å². The number of fused-ring (bicyclic) bond motifs is 1. The largest absolute Gasteiger partial charge is 0.377 e. The van der Waals surface area contributed by atoms with E-state index in [9.17, 15) is 4.79 Å². The zero-order valence-electron chi connectivity index (χ0n) is 13.1. The molecule has 2 aromatic heterocycles. The Labute approximate surface area is 139 Å². The Morgan fingerprint density at radius 3 is 3.22 bits per heavy atom. The first-order valence-corrected chi connectivity index (χ1v) is 8.49. The van der Waals surface area contributed by atoms with E-state index in [4.69, 9.17) is 4.74 Å². The minimum absolute atomic E-state index is 0.0881. The van der Waals surface area contributed by atoms with Crippen LogP contribution in [0.3, 0.4) is 0 Å².